The van der Waals surface area contributed by atoms with E-state index in [0.717, 1.165) is 11.3 Å². The van der Waals surface area contributed by atoms with Crippen molar-refractivity contribution in [3.8, 4) is 0 Å². The van der Waals surface area contributed by atoms with Gasteiger partial charge in [0, 0.05) is 17.4 Å². The van der Waals surface area contributed by atoms with Crippen LogP contribution in [0.4, 0.5) is 5.69 Å². The largest absolute Gasteiger partial charge is 0.346 e. The third kappa shape index (κ3) is 4.92. The number of carbonyl (C=O) groups is 1. The highest BCUT2D eigenvalue weighted by atomic mass is 32.2. The summed E-state index contributed by atoms with van der Waals surface area (Å²) in [5, 5.41) is 2.76. The molecule has 0 saturated heterocycles. The van der Waals surface area contributed by atoms with Crippen LogP contribution >= 0.6 is 0 Å². The fourth-order valence-electron chi connectivity index (χ4n) is 2.43. The van der Waals surface area contributed by atoms with Gasteiger partial charge in [-0.25, -0.2) is 8.42 Å². The normalized spacial score (nSPS) is 11.0. The van der Waals surface area contributed by atoms with Gasteiger partial charge in [0.15, 0.2) is 0 Å². The molecule has 3 rings (SSSR count). The van der Waals surface area contributed by atoms with Gasteiger partial charge in [-0.05, 0) is 49.4 Å². The minimum Gasteiger partial charge on any atom is -0.346 e. The van der Waals surface area contributed by atoms with Crippen molar-refractivity contribution in [2.45, 2.75) is 18.4 Å². The van der Waals surface area contributed by atoms with E-state index in [4.69, 9.17) is 0 Å². The highest BCUT2D eigenvalue weighted by molar-refractivity contribution is 7.92. The Hall–Kier alpha value is -3.19. The minimum atomic E-state index is -3.72. The van der Waals surface area contributed by atoms with Gasteiger partial charge < -0.3 is 5.32 Å². The van der Waals surface area contributed by atoms with Crippen molar-refractivity contribution in [3.05, 3.63) is 89.7 Å². The Morgan fingerprint density at radius 2 is 1.78 bits per heavy atom. The maximum atomic E-state index is 12.5. The van der Waals surface area contributed by atoms with Crippen LogP contribution < -0.4 is 10.0 Å². The number of benzene rings is 2. The highest BCUT2D eigenvalue weighted by Crippen LogP contribution is 2.18. The average Bonchev–Trinajstić information content (AvgIpc) is 2.67. The molecule has 0 radical (unpaired) electrons. The maximum absolute atomic E-state index is 12.5. The predicted molar refractivity (Wildman–Crippen MR) is 104 cm³/mol. The molecular weight excluding hydrogens is 362 g/mol. The van der Waals surface area contributed by atoms with Crippen LogP contribution in [-0.2, 0) is 16.6 Å². The number of hydrogen-bond donors (Lipinski definition) is 2. The van der Waals surface area contributed by atoms with Gasteiger partial charge in [0.05, 0.1) is 17.1 Å². The Bertz CT molecular complexity index is 1030. The third-order valence-corrected chi connectivity index (χ3v) is 5.26. The van der Waals surface area contributed by atoms with Gasteiger partial charge in [-0.1, -0.05) is 29.8 Å². The Morgan fingerprint density at radius 1 is 1.00 bits per heavy atom. The summed E-state index contributed by atoms with van der Waals surface area (Å²) in [6.45, 7) is 2.18. The van der Waals surface area contributed by atoms with Crippen molar-refractivity contribution in [2.24, 2.45) is 0 Å². The third-order valence-electron chi connectivity index (χ3n) is 3.86. The zero-order valence-electron chi connectivity index (χ0n) is 14.7. The zero-order chi connectivity index (χ0) is 19.3. The zero-order valence-corrected chi connectivity index (χ0v) is 15.5. The first kappa shape index (κ1) is 18.6. The lowest BCUT2D eigenvalue weighted by Gasteiger charge is -2.10. The second-order valence-corrected chi connectivity index (χ2v) is 7.69. The quantitative estimate of drug-likeness (QED) is 0.687. The number of hydrogen-bond acceptors (Lipinski definition) is 4. The first-order chi connectivity index (χ1) is 12.9. The average molecular weight is 381 g/mol. The van der Waals surface area contributed by atoms with Crippen LogP contribution in [0.15, 0.2) is 77.8 Å². The topological polar surface area (TPSA) is 88.2 Å². The molecule has 138 valence electrons. The Kier molecular flexibility index (Phi) is 5.52. The lowest BCUT2D eigenvalue weighted by atomic mass is 10.2. The van der Waals surface area contributed by atoms with Crippen molar-refractivity contribution in [1.82, 2.24) is 10.3 Å². The van der Waals surface area contributed by atoms with Gasteiger partial charge in [0.2, 0.25) is 0 Å². The second kappa shape index (κ2) is 8.01. The molecule has 0 bridgehead atoms. The fourth-order valence-corrected chi connectivity index (χ4v) is 3.48. The first-order valence-electron chi connectivity index (χ1n) is 8.32. The summed E-state index contributed by atoms with van der Waals surface area (Å²) < 4.78 is 27.5. The molecule has 0 aliphatic heterocycles. The van der Waals surface area contributed by atoms with Crippen molar-refractivity contribution < 1.29 is 13.2 Å². The molecule has 3 aromatic rings. The molecule has 1 amide bonds. The number of rotatable bonds is 6. The molecule has 0 aliphatic carbocycles. The number of nitrogens with one attached hydrogen (secondary N) is 2. The fraction of sp³-hybridized carbons (Fsp3) is 0.100. The molecule has 2 N–H and O–H groups in total. The summed E-state index contributed by atoms with van der Waals surface area (Å²) in [5.41, 5.74) is 2.39. The summed E-state index contributed by atoms with van der Waals surface area (Å²) >= 11 is 0. The number of anilines is 1. The molecule has 6 nitrogen and oxygen atoms in total. The number of pyridine rings is 1. The number of nitrogens with zero attached hydrogens (tertiary/aromatic N) is 1. The number of aryl methyl sites for hydroxylation is 1. The van der Waals surface area contributed by atoms with Crippen LogP contribution in [-0.4, -0.2) is 19.3 Å². The molecule has 1 aromatic heterocycles. The van der Waals surface area contributed by atoms with Gasteiger partial charge in [0.25, 0.3) is 15.9 Å². The van der Waals surface area contributed by atoms with Crippen LogP contribution in [0, 0.1) is 6.92 Å². The van der Waals surface area contributed by atoms with Crippen LogP contribution in [0.1, 0.15) is 21.6 Å². The number of aromatic nitrogens is 1. The molecule has 2 aromatic carbocycles. The van der Waals surface area contributed by atoms with Gasteiger partial charge in [-0.3, -0.25) is 14.5 Å². The van der Waals surface area contributed by atoms with E-state index in [9.17, 15) is 13.2 Å². The SMILES string of the molecule is Cc1ccc(S(=O)(=O)Nc2cccc(C(=O)NCc3ccccn3)c2)cc1. The highest BCUT2D eigenvalue weighted by Gasteiger charge is 2.15. The standard InChI is InChI=1S/C20H19N3O3S/c1-15-8-10-19(11-9-15)27(25,26)23-17-7-4-5-16(13-17)20(24)22-14-18-6-2-3-12-21-18/h2-13,23H,14H2,1H3,(H,22,24). The summed E-state index contributed by atoms with van der Waals surface area (Å²) in [7, 11) is -3.72. The van der Waals surface area contributed by atoms with E-state index >= 15 is 0 Å². The molecule has 0 unspecified atom stereocenters. The summed E-state index contributed by atoms with van der Waals surface area (Å²) in [6, 6.07) is 18.4. The molecule has 0 fully saturated rings. The molecule has 0 saturated carbocycles. The van der Waals surface area contributed by atoms with E-state index in [-0.39, 0.29) is 10.8 Å². The lowest BCUT2D eigenvalue weighted by molar-refractivity contribution is 0.0950. The monoisotopic (exact) mass is 381 g/mol. The smallest absolute Gasteiger partial charge is 0.261 e. The predicted octanol–water partition coefficient (Wildman–Crippen LogP) is 3.12. The summed E-state index contributed by atoms with van der Waals surface area (Å²) in [5.74, 6) is -0.308. The van der Waals surface area contributed by atoms with Gasteiger partial charge >= 0.3 is 0 Å². The van der Waals surface area contributed by atoms with E-state index in [1.165, 1.54) is 6.07 Å². The van der Waals surface area contributed by atoms with E-state index < -0.39 is 10.0 Å². The van der Waals surface area contributed by atoms with Crippen molar-refractivity contribution in [2.75, 3.05) is 4.72 Å². The van der Waals surface area contributed by atoms with E-state index in [1.807, 2.05) is 19.1 Å². The molecular formula is C20H19N3O3S. The number of carbonyl (C=O) groups excluding carboxylic acids is 1. The molecule has 1 heterocycles. The van der Waals surface area contributed by atoms with Crippen LogP contribution in [0.2, 0.25) is 0 Å². The molecule has 27 heavy (non-hydrogen) atoms. The number of amides is 1. The van der Waals surface area contributed by atoms with E-state index in [0.29, 0.717) is 17.8 Å². The van der Waals surface area contributed by atoms with Crippen LogP contribution in [0.25, 0.3) is 0 Å². The number of sulfonamides is 1. The first-order valence-corrected chi connectivity index (χ1v) is 9.80. The lowest BCUT2D eigenvalue weighted by Crippen LogP contribution is -2.23. The molecule has 0 aliphatic rings. The van der Waals surface area contributed by atoms with Gasteiger partial charge in [0.1, 0.15) is 0 Å². The van der Waals surface area contributed by atoms with Crippen molar-refractivity contribution in [3.63, 3.8) is 0 Å². The molecule has 0 atom stereocenters. The Balaban J connectivity index is 1.71. The van der Waals surface area contributed by atoms with E-state index in [1.54, 1.807) is 54.7 Å². The minimum absolute atomic E-state index is 0.165. The van der Waals surface area contributed by atoms with Crippen molar-refractivity contribution >= 4 is 21.6 Å². The van der Waals surface area contributed by atoms with Gasteiger partial charge in [-0.15, -0.1) is 0 Å². The van der Waals surface area contributed by atoms with Crippen LogP contribution in [0.5, 0.6) is 0 Å². The molecule has 7 heteroatoms. The maximum Gasteiger partial charge on any atom is 0.261 e. The van der Waals surface area contributed by atoms with E-state index in [2.05, 4.69) is 15.0 Å². The summed E-state index contributed by atoms with van der Waals surface area (Å²) in [6.07, 6.45) is 1.65. The Morgan fingerprint density at radius 3 is 2.48 bits per heavy atom. The summed E-state index contributed by atoms with van der Waals surface area (Å²) in [4.78, 5) is 16.6. The molecule has 0 spiro atoms. The van der Waals surface area contributed by atoms with Crippen molar-refractivity contribution in [1.29, 1.82) is 0 Å². The second-order valence-electron chi connectivity index (χ2n) is 6.00. The van der Waals surface area contributed by atoms with Gasteiger partial charge in [-0.2, -0.15) is 0 Å². The Labute approximate surface area is 158 Å². The van der Waals surface area contributed by atoms with Crippen LogP contribution in [0.3, 0.4) is 0 Å².